The first-order valence-corrected chi connectivity index (χ1v) is 4.14. The van der Waals surface area contributed by atoms with Crippen LogP contribution in [0.1, 0.15) is 13.8 Å². The number of hydrogen-bond donors (Lipinski definition) is 2. The van der Waals surface area contributed by atoms with Crippen LogP contribution in [-0.2, 0) is 0 Å². The van der Waals surface area contributed by atoms with Crippen molar-refractivity contribution in [1.29, 1.82) is 0 Å². The van der Waals surface area contributed by atoms with E-state index >= 15 is 0 Å². The summed E-state index contributed by atoms with van der Waals surface area (Å²) in [4.78, 5) is 4.02. The van der Waals surface area contributed by atoms with Gasteiger partial charge < -0.3 is 5.21 Å². The maximum absolute atomic E-state index is 8.47. The van der Waals surface area contributed by atoms with Crippen LogP contribution in [0, 0.1) is 0 Å². The minimum Gasteiger partial charge on any atom is -0.411 e. The molecule has 5 heteroatoms. The van der Waals surface area contributed by atoms with E-state index in [0.717, 1.165) is 0 Å². The van der Waals surface area contributed by atoms with Crippen molar-refractivity contribution in [3.05, 3.63) is 24.4 Å². The average molecular weight is 192 g/mol. The van der Waals surface area contributed by atoms with Crippen molar-refractivity contribution >= 4 is 17.2 Å². The summed E-state index contributed by atoms with van der Waals surface area (Å²) >= 11 is 0. The Morgan fingerprint density at radius 2 is 2.14 bits per heavy atom. The molecular weight excluding hydrogens is 180 g/mol. The number of nitrogens with zero attached hydrogens (tertiary/aromatic N) is 3. The van der Waals surface area contributed by atoms with Crippen LogP contribution in [0.3, 0.4) is 0 Å². The molecule has 5 nitrogen and oxygen atoms in total. The van der Waals surface area contributed by atoms with E-state index in [-0.39, 0.29) is 0 Å². The second-order valence-electron chi connectivity index (χ2n) is 2.71. The Kier molecular flexibility index (Phi) is 3.60. The quantitative estimate of drug-likeness (QED) is 0.435. The molecule has 1 rings (SSSR count). The Morgan fingerprint density at radius 1 is 1.36 bits per heavy atom. The third kappa shape index (κ3) is 2.85. The number of nitrogens with one attached hydrogen (secondary N) is 1. The summed E-state index contributed by atoms with van der Waals surface area (Å²) in [6.07, 6.45) is 1.67. The van der Waals surface area contributed by atoms with Crippen molar-refractivity contribution in [1.82, 2.24) is 4.98 Å². The smallest absolute Gasteiger partial charge is 0.146 e. The molecule has 1 heterocycles. The second kappa shape index (κ2) is 4.96. The number of aromatic nitrogens is 1. The monoisotopic (exact) mass is 192 g/mol. The summed E-state index contributed by atoms with van der Waals surface area (Å²) in [7, 11) is 0. The Hall–Kier alpha value is -1.91. The Labute approximate surface area is 82.2 Å². The number of pyridine rings is 1. The number of oxime groups is 1. The van der Waals surface area contributed by atoms with E-state index in [4.69, 9.17) is 5.21 Å². The predicted molar refractivity (Wildman–Crippen MR) is 55.9 cm³/mol. The number of hydrazone groups is 1. The second-order valence-corrected chi connectivity index (χ2v) is 2.71. The van der Waals surface area contributed by atoms with E-state index in [9.17, 15) is 0 Å². The van der Waals surface area contributed by atoms with Crippen LogP contribution in [0.5, 0.6) is 0 Å². The number of hydrogen-bond acceptors (Lipinski definition) is 5. The molecule has 0 unspecified atom stereocenters. The fourth-order valence-electron chi connectivity index (χ4n) is 0.723. The molecule has 0 aliphatic carbocycles. The van der Waals surface area contributed by atoms with Gasteiger partial charge in [0.2, 0.25) is 0 Å². The summed E-state index contributed by atoms with van der Waals surface area (Å²) in [6.45, 7) is 3.41. The van der Waals surface area contributed by atoms with Crippen LogP contribution in [0.2, 0.25) is 0 Å². The third-order valence-corrected chi connectivity index (χ3v) is 1.68. The van der Waals surface area contributed by atoms with Gasteiger partial charge in [0.25, 0.3) is 0 Å². The van der Waals surface area contributed by atoms with Gasteiger partial charge in [-0.2, -0.15) is 5.10 Å². The van der Waals surface area contributed by atoms with Crippen LogP contribution in [0.15, 0.2) is 34.7 Å². The van der Waals surface area contributed by atoms with Gasteiger partial charge in [-0.15, -0.1) is 0 Å². The van der Waals surface area contributed by atoms with Gasteiger partial charge in [0, 0.05) is 6.20 Å². The summed E-state index contributed by atoms with van der Waals surface area (Å²) in [5, 5.41) is 15.5. The number of rotatable bonds is 3. The van der Waals surface area contributed by atoms with Crippen molar-refractivity contribution in [3.63, 3.8) is 0 Å². The predicted octanol–water partition coefficient (Wildman–Crippen LogP) is 1.72. The van der Waals surface area contributed by atoms with Gasteiger partial charge in [-0.25, -0.2) is 4.98 Å². The van der Waals surface area contributed by atoms with E-state index < -0.39 is 0 Å². The lowest BCUT2D eigenvalue weighted by Crippen LogP contribution is -2.08. The normalized spacial score (nSPS) is 12.7. The molecule has 0 aliphatic rings. The van der Waals surface area contributed by atoms with Gasteiger partial charge in [-0.3, -0.25) is 5.43 Å². The zero-order valence-electron chi connectivity index (χ0n) is 8.10. The minimum atomic E-state index is 0.466. The zero-order chi connectivity index (χ0) is 10.4. The molecule has 0 atom stereocenters. The molecular formula is C9H12N4O. The molecule has 0 saturated heterocycles. The lowest BCUT2D eigenvalue weighted by molar-refractivity contribution is 0.320. The van der Waals surface area contributed by atoms with Gasteiger partial charge >= 0.3 is 0 Å². The van der Waals surface area contributed by atoms with E-state index in [0.29, 0.717) is 17.2 Å². The first kappa shape index (κ1) is 10.2. The average Bonchev–Trinajstić information content (AvgIpc) is 2.26. The summed E-state index contributed by atoms with van der Waals surface area (Å²) in [5.74, 6) is 0.651. The molecule has 1 aromatic heterocycles. The van der Waals surface area contributed by atoms with Crippen LogP contribution in [0.25, 0.3) is 0 Å². The van der Waals surface area contributed by atoms with E-state index in [2.05, 4.69) is 20.7 Å². The van der Waals surface area contributed by atoms with Crippen molar-refractivity contribution in [3.8, 4) is 0 Å². The minimum absolute atomic E-state index is 0.466. The topological polar surface area (TPSA) is 69.9 Å². The van der Waals surface area contributed by atoms with Crippen LogP contribution < -0.4 is 5.43 Å². The Bertz CT molecular complexity index is 345. The standard InChI is InChI=1S/C9H12N4O/c1-7(8(2)13-14)11-12-9-5-3-4-6-10-9/h3-6,14H,1-2H3,(H,10,12). The largest absolute Gasteiger partial charge is 0.411 e. The van der Waals surface area contributed by atoms with Crippen LogP contribution in [-0.4, -0.2) is 21.6 Å². The fraction of sp³-hybridized carbons (Fsp3) is 0.222. The highest BCUT2D eigenvalue weighted by molar-refractivity contribution is 6.40. The fourth-order valence-corrected chi connectivity index (χ4v) is 0.723. The van der Waals surface area contributed by atoms with Crippen molar-refractivity contribution in [2.45, 2.75) is 13.8 Å². The van der Waals surface area contributed by atoms with Crippen molar-refractivity contribution < 1.29 is 5.21 Å². The van der Waals surface area contributed by atoms with Gasteiger partial charge in [-0.05, 0) is 26.0 Å². The summed E-state index contributed by atoms with van der Waals surface area (Å²) < 4.78 is 0. The Balaban J connectivity index is 2.64. The molecule has 0 saturated carbocycles. The highest BCUT2D eigenvalue weighted by Crippen LogP contribution is 1.99. The molecule has 1 aromatic rings. The lowest BCUT2D eigenvalue weighted by atomic mass is 10.3. The first-order chi connectivity index (χ1) is 6.74. The highest BCUT2D eigenvalue weighted by Gasteiger charge is 1.96. The van der Waals surface area contributed by atoms with Crippen LogP contribution in [0.4, 0.5) is 5.82 Å². The maximum atomic E-state index is 8.47. The molecule has 14 heavy (non-hydrogen) atoms. The van der Waals surface area contributed by atoms with Crippen LogP contribution >= 0.6 is 0 Å². The Morgan fingerprint density at radius 3 is 2.71 bits per heavy atom. The number of anilines is 1. The SMILES string of the molecule is CC(=NO)C(C)=NNc1ccccn1. The molecule has 0 amide bonds. The van der Waals surface area contributed by atoms with E-state index in [1.54, 1.807) is 26.1 Å². The molecule has 0 spiro atoms. The lowest BCUT2D eigenvalue weighted by Gasteiger charge is -2.00. The molecule has 0 aliphatic heterocycles. The third-order valence-electron chi connectivity index (χ3n) is 1.68. The van der Waals surface area contributed by atoms with Gasteiger partial charge in [0.1, 0.15) is 5.82 Å². The highest BCUT2D eigenvalue weighted by atomic mass is 16.4. The summed E-state index contributed by atoms with van der Waals surface area (Å²) in [6, 6.07) is 5.47. The summed E-state index contributed by atoms with van der Waals surface area (Å²) in [5.41, 5.74) is 3.82. The van der Waals surface area contributed by atoms with Crippen molar-refractivity contribution in [2.75, 3.05) is 5.43 Å². The maximum Gasteiger partial charge on any atom is 0.146 e. The first-order valence-electron chi connectivity index (χ1n) is 4.14. The van der Waals surface area contributed by atoms with Gasteiger partial charge in [0.05, 0.1) is 11.4 Å². The van der Waals surface area contributed by atoms with E-state index in [1.807, 2.05) is 12.1 Å². The van der Waals surface area contributed by atoms with Gasteiger partial charge in [-0.1, -0.05) is 11.2 Å². The zero-order valence-corrected chi connectivity index (χ0v) is 8.10. The molecule has 0 bridgehead atoms. The molecule has 74 valence electrons. The molecule has 2 N–H and O–H groups in total. The van der Waals surface area contributed by atoms with Crippen molar-refractivity contribution in [2.24, 2.45) is 10.3 Å². The molecule has 0 aromatic carbocycles. The van der Waals surface area contributed by atoms with E-state index in [1.165, 1.54) is 0 Å². The van der Waals surface area contributed by atoms with Gasteiger partial charge in [0.15, 0.2) is 0 Å². The molecule has 0 radical (unpaired) electrons. The molecule has 0 fully saturated rings.